The van der Waals surface area contributed by atoms with Crippen molar-refractivity contribution in [2.24, 2.45) is 5.41 Å². The molecule has 0 aromatic heterocycles. The van der Waals surface area contributed by atoms with E-state index in [1.807, 2.05) is 0 Å². The first-order chi connectivity index (χ1) is 8.07. The minimum atomic E-state index is 0.0278. The number of piperidine rings is 1. The van der Waals surface area contributed by atoms with E-state index in [2.05, 4.69) is 37.1 Å². The zero-order chi connectivity index (χ0) is 12.7. The topological polar surface area (TPSA) is 39.1 Å². The van der Waals surface area contributed by atoms with E-state index in [0.717, 1.165) is 25.9 Å². The zero-order valence-corrected chi connectivity index (χ0v) is 11.6. The first-order valence-corrected chi connectivity index (χ1v) is 6.93. The molecule has 1 fully saturated rings. The van der Waals surface area contributed by atoms with Crippen LogP contribution >= 0.6 is 0 Å². The largest absolute Gasteiger partial charge is 0.303 e. The van der Waals surface area contributed by atoms with E-state index in [9.17, 15) is 0 Å². The van der Waals surface area contributed by atoms with Crippen LogP contribution in [-0.4, -0.2) is 37.1 Å². The molecule has 0 aromatic carbocycles. The number of nitrogens with zero attached hydrogens (tertiary/aromatic N) is 2. The lowest BCUT2D eigenvalue weighted by molar-refractivity contribution is 0.115. The smallest absolute Gasteiger partial charge is 0.0965 e. The molecule has 3 heteroatoms. The number of hydrogen-bond donors (Lipinski definition) is 1. The summed E-state index contributed by atoms with van der Waals surface area (Å²) in [5.74, 6) is 0. The van der Waals surface area contributed by atoms with Crippen LogP contribution in [0.1, 0.15) is 46.5 Å². The van der Waals surface area contributed by atoms with E-state index in [4.69, 9.17) is 5.26 Å². The van der Waals surface area contributed by atoms with E-state index in [0.29, 0.717) is 5.41 Å². The van der Waals surface area contributed by atoms with Gasteiger partial charge in [0.2, 0.25) is 0 Å². The van der Waals surface area contributed by atoms with Crippen molar-refractivity contribution in [2.45, 2.75) is 52.5 Å². The molecule has 1 heterocycles. The van der Waals surface area contributed by atoms with Crippen molar-refractivity contribution in [1.82, 2.24) is 10.2 Å². The van der Waals surface area contributed by atoms with Crippen molar-refractivity contribution in [3.05, 3.63) is 0 Å². The van der Waals surface area contributed by atoms with Crippen LogP contribution in [0.25, 0.3) is 0 Å². The van der Waals surface area contributed by atoms with Crippen molar-refractivity contribution in [3.63, 3.8) is 0 Å². The van der Waals surface area contributed by atoms with Gasteiger partial charge in [-0.2, -0.15) is 5.26 Å². The molecule has 1 aliphatic rings. The summed E-state index contributed by atoms with van der Waals surface area (Å²) in [6.07, 6.45) is 4.67. The lowest BCUT2D eigenvalue weighted by Gasteiger charge is -2.38. The molecule has 0 radical (unpaired) electrons. The highest BCUT2D eigenvalue weighted by Gasteiger charge is 2.26. The summed E-state index contributed by atoms with van der Waals surface area (Å²) >= 11 is 0. The van der Waals surface area contributed by atoms with Gasteiger partial charge in [-0.15, -0.1) is 0 Å². The number of hydrogen-bond acceptors (Lipinski definition) is 3. The Morgan fingerprint density at radius 2 is 2.24 bits per heavy atom. The van der Waals surface area contributed by atoms with Crippen LogP contribution in [0.5, 0.6) is 0 Å². The summed E-state index contributed by atoms with van der Waals surface area (Å²) in [6, 6.07) is 2.39. The predicted molar refractivity (Wildman–Crippen MR) is 71.8 cm³/mol. The van der Waals surface area contributed by atoms with Gasteiger partial charge in [-0.05, 0) is 44.2 Å². The van der Waals surface area contributed by atoms with Gasteiger partial charge in [-0.3, -0.25) is 0 Å². The normalized spacial score (nSPS) is 22.0. The maximum Gasteiger partial charge on any atom is 0.0965 e. The van der Waals surface area contributed by atoms with Gasteiger partial charge < -0.3 is 10.2 Å². The van der Waals surface area contributed by atoms with Gasteiger partial charge in [0.25, 0.3) is 0 Å². The summed E-state index contributed by atoms with van der Waals surface area (Å²) in [5, 5.41) is 12.3. The molecule has 0 amide bonds. The molecular weight excluding hydrogens is 210 g/mol. The molecular formula is C14H27N3. The Morgan fingerprint density at radius 3 is 2.82 bits per heavy atom. The molecule has 1 N–H and O–H groups in total. The van der Waals surface area contributed by atoms with Crippen LogP contribution in [0.2, 0.25) is 0 Å². The number of rotatable bonds is 6. The SMILES string of the molecule is CCCNC(C#N)CCN1CCCC(C)(C)C1. The van der Waals surface area contributed by atoms with Crippen LogP contribution in [0.4, 0.5) is 0 Å². The van der Waals surface area contributed by atoms with Crippen LogP contribution in [-0.2, 0) is 0 Å². The van der Waals surface area contributed by atoms with Gasteiger partial charge in [0.05, 0.1) is 12.1 Å². The molecule has 0 spiro atoms. The molecule has 98 valence electrons. The molecule has 0 saturated carbocycles. The molecule has 1 atom stereocenters. The fourth-order valence-corrected chi connectivity index (χ4v) is 2.58. The molecule has 3 nitrogen and oxygen atoms in total. The minimum absolute atomic E-state index is 0.0278. The Balaban J connectivity index is 2.27. The van der Waals surface area contributed by atoms with Crippen LogP contribution in [0.15, 0.2) is 0 Å². The van der Waals surface area contributed by atoms with Crippen LogP contribution in [0.3, 0.4) is 0 Å². The average molecular weight is 237 g/mol. The second-order valence-electron chi connectivity index (χ2n) is 5.97. The number of likely N-dealkylation sites (tertiary alicyclic amines) is 1. The van der Waals surface area contributed by atoms with Gasteiger partial charge in [0.15, 0.2) is 0 Å². The lowest BCUT2D eigenvalue weighted by atomic mass is 9.84. The monoisotopic (exact) mass is 237 g/mol. The summed E-state index contributed by atoms with van der Waals surface area (Å²) in [5.41, 5.74) is 0.456. The highest BCUT2D eigenvalue weighted by molar-refractivity contribution is 4.90. The fourth-order valence-electron chi connectivity index (χ4n) is 2.58. The number of nitrogens with one attached hydrogen (secondary N) is 1. The van der Waals surface area contributed by atoms with Gasteiger partial charge in [0, 0.05) is 13.1 Å². The Morgan fingerprint density at radius 1 is 1.47 bits per heavy atom. The van der Waals surface area contributed by atoms with Crippen molar-refractivity contribution in [2.75, 3.05) is 26.2 Å². The maximum atomic E-state index is 9.05. The van der Waals surface area contributed by atoms with Gasteiger partial charge in [0.1, 0.15) is 0 Å². The van der Waals surface area contributed by atoms with Crippen LogP contribution < -0.4 is 5.32 Å². The Hall–Kier alpha value is -0.590. The molecule has 1 unspecified atom stereocenters. The van der Waals surface area contributed by atoms with Crippen molar-refractivity contribution < 1.29 is 0 Å². The molecule has 0 bridgehead atoms. The lowest BCUT2D eigenvalue weighted by Crippen LogP contribution is -2.42. The van der Waals surface area contributed by atoms with Crippen LogP contribution in [0, 0.1) is 16.7 Å². The standard InChI is InChI=1S/C14H27N3/c1-4-8-16-13(11-15)6-10-17-9-5-7-14(2,3)12-17/h13,16H,4-10,12H2,1-3H3. The quantitative estimate of drug-likeness (QED) is 0.771. The number of nitriles is 1. The van der Waals surface area contributed by atoms with E-state index >= 15 is 0 Å². The molecule has 0 aromatic rings. The van der Waals surface area contributed by atoms with Crippen molar-refractivity contribution in [3.8, 4) is 6.07 Å². The Labute approximate surface area is 106 Å². The van der Waals surface area contributed by atoms with Gasteiger partial charge in [-0.1, -0.05) is 20.8 Å². The highest BCUT2D eigenvalue weighted by atomic mass is 15.1. The first-order valence-electron chi connectivity index (χ1n) is 6.93. The fraction of sp³-hybridized carbons (Fsp3) is 0.929. The maximum absolute atomic E-state index is 9.05. The molecule has 17 heavy (non-hydrogen) atoms. The van der Waals surface area contributed by atoms with E-state index < -0.39 is 0 Å². The first kappa shape index (κ1) is 14.5. The van der Waals surface area contributed by atoms with Gasteiger partial charge in [-0.25, -0.2) is 0 Å². The Bertz CT molecular complexity index is 255. The third-order valence-electron chi connectivity index (χ3n) is 3.51. The average Bonchev–Trinajstić information content (AvgIpc) is 2.28. The van der Waals surface area contributed by atoms with E-state index in [1.54, 1.807) is 0 Å². The van der Waals surface area contributed by atoms with Crippen molar-refractivity contribution >= 4 is 0 Å². The summed E-state index contributed by atoms with van der Waals surface area (Å²) in [4.78, 5) is 2.52. The van der Waals surface area contributed by atoms with E-state index in [-0.39, 0.29) is 6.04 Å². The molecule has 1 rings (SSSR count). The van der Waals surface area contributed by atoms with Crippen molar-refractivity contribution in [1.29, 1.82) is 5.26 Å². The highest BCUT2D eigenvalue weighted by Crippen LogP contribution is 2.28. The molecule has 0 aliphatic carbocycles. The second kappa shape index (κ2) is 6.98. The third kappa shape index (κ3) is 5.52. The molecule has 1 saturated heterocycles. The third-order valence-corrected chi connectivity index (χ3v) is 3.51. The second-order valence-corrected chi connectivity index (χ2v) is 5.97. The zero-order valence-electron chi connectivity index (χ0n) is 11.6. The predicted octanol–water partition coefficient (Wildman–Crippen LogP) is 2.39. The van der Waals surface area contributed by atoms with Gasteiger partial charge >= 0.3 is 0 Å². The van der Waals surface area contributed by atoms with E-state index in [1.165, 1.54) is 25.9 Å². The summed E-state index contributed by atoms with van der Waals surface area (Å²) in [6.45, 7) is 11.2. The molecule has 1 aliphatic heterocycles. The summed E-state index contributed by atoms with van der Waals surface area (Å²) in [7, 11) is 0. The summed E-state index contributed by atoms with van der Waals surface area (Å²) < 4.78 is 0. The Kier molecular flexibility index (Phi) is 5.94. The minimum Gasteiger partial charge on any atom is -0.303 e.